The molecule has 0 aliphatic heterocycles. The van der Waals surface area contributed by atoms with Crippen LogP contribution in [0.4, 0.5) is 14.5 Å². The lowest BCUT2D eigenvalue weighted by atomic mass is 9.73. The van der Waals surface area contributed by atoms with E-state index in [4.69, 9.17) is 0 Å². The first kappa shape index (κ1) is 15.7. The molecule has 1 aromatic rings. The van der Waals surface area contributed by atoms with Crippen LogP contribution in [0.5, 0.6) is 0 Å². The van der Waals surface area contributed by atoms with Crippen LogP contribution in [0.25, 0.3) is 0 Å². The van der Waals surface area contributed by atoms with Gasteiger partial charge in [0.05, 0.1) is 18.4 Å². The number of nitrogens with one attached hydrogen (secondary N) is 1. The Balaban J connectivity index is 2.29. The van der Waals surface area contributed by atoms with Gasteiger partial charge in [-0.1, -0.05) is 26.7 Å². The molecule has 1 saturated carbocycles. The molecule has 1 fully saturated rings. The Morgan fingerprint density at radius 3 is 2.62 bits per heavy atom. The normalized spacial score (nSPS) is 20.9. The van der Waals surface area contributed by atoms with Crippen LogP contribution in [0, 0.1) is 17.0 Å². The van der Waals surface area contributed by atoms with Crippen molar-refractivity contribution in [2.45, 2.75) is 45.6 Å². The molecule has 0 amide bonds. The summed E-state index contributed by atoms with van der Waals surface area (Å²) in [5.41, 5.74) is -0.0726. The Morgan fingerprint density at radius 2 is 2.00 bits per heavy atom. The standard InChI is InChI=1S/C16H21F2NO2/c1-16(2)7-5-4-6-14(16)19-13-8-10(15(20)21-3)11(17)9-12(13)18/h8-9,14,19H,4-7H2,1-3H3. The average molecular weight is 297 g/mol. The summed E-state index contributed by atoms with van der Waals surface area (Å²) in [4.78, 5) is 11.5. The molecule has 0 heterocycles. The van der Waals surface area contributed by atoms with Crippen molar-refractivity contribution in [3.8, 4) is 0 Å². The van der Waals surface area contributed by atoms with Crippen molar-refractivity contribution >= 4 is 11.7 Å². The Labute approximate surface area is 123 Å². The Hall–Kier alpha value is -1.65. The number of methoxy groups -OCH3 is 1. The van der Waals surface area contributed by atoms with Crippen LogP contribution in [0.2, 0.25) is 0 Å². The average Bonchev–Trinajstić information content (AvgIpc) is 2.42. The van der Waals surface area contributed by atoms with Gasteiger partial charge >= 0.3 is 5.97 Å². The van der Waals surface area contributed by atoms with E-state index in [-0.39, 0.29) is 22.7 Å². The van der Waals surface area contributed by atoms with Crippen LogP contribution in [-0.4, -0.2) is 19.1 Å². The molecule has 0 spiro atoms. The van der Waals surface area contributed by atoms with Crippen LogP contribution in [0.1, 0.15) is 49.9 Å². The summed E-state index contributed by atoms with van der Waals surface area (Å²) in [6, 6.07) is 2.02. The lowest BCUT2D eigenvalue weighted by molar-refractivity contribution is 0.0595. The van der Waals surface area contributed by atoms with Crippen molar-refractivity contribution in [1.29, 1.82) is 0 Å². The van der Waals surface area contributed by atoms with Crippen LogP contribution in [0.15, 0.2) is 12.1 Å². The lowest BCUT2D eigenvalue weighted by Gasteiger charge is -2.39. The molecule has 1 N–H and O–H groups in total. The minimum atomic E-state index is -0.909. The summed E-state index contributed by atoms with van der Waals surface area (Å²) in [5, 5.41) is 3.14. The number of ether oxygens (including phenoxy) is 1. The van der Waals surface area contributed by atoms with E-state index < -0.39 is 17.6 Å². The van der Waals surface area contributed by atoms with Gasteiger partial charge in [0.2, 0.25) is 0 Å². The number of carbonyl (C=O) groups is 1. The molecule has 0 aromatic heterocycles. The summed E-state index contributed by atoms with van der Waals surface area (Å²) in [6.07, 6.45) is 4.22. The zero-order chi connectivity index (χ0) is 15.6. The number of rotatable bonds is 3. The van der Waals surface area contributed by atoms with E-state index in [9.17, 15) is 13.6 Å². The van der Waals surface area contributed by atoms with Gasteiger partial charge in [0.25, 0.3) is 0 Å². The van der Waals surface area contributed by atoms with Crippen molar-refractivity contribution < 1.29 is 18.3 Å². The van der Waals surface area contributed by atoms with E-state index >= 15 is 0 Å². The number of carbonyl (C=O) groups excluding carboxylic acids is 1. The molecular formula is C16H21F2NO2. The first-order valence-corrected chi connectivity index (χ1v) is 7.19. The molecule has 2 rings (SSSR count). The van der Waals surface area contributed by atoms with Crippen LogP contribution < -0.4 is 5.32 Å². The van der Waals surface area contributed by atoms with Gasteiger partial charge in [0, 0.05) is 12.1 Å². The van der Waals surface area contributed by atoms with Crippen molar-refractivity contribution in [1.82, 2.24) is 0 Å². The largest absolute Gasteiger partial charge is 0.465 e. The minimum Gasteiger partial charge on any atom is -0.465 e. The highest BCUT2D eigenvalue weighted by Crippen LogP contribution is 2.37. The third-order valence-electron chi connectivity index (χ3n) is 4.30. The Kier molecular flexibility index (Phi) is 4.49. The Morgan fingerprint density at radius 1 is 1.29 bits per heavy atom. The van der Waals surface area contributed by atoms with Crippen LogP contribution in [-0.2, 0) is 4.74 Å². The number of anilines is 1. The van der Waals surface area contributed by atoms with E-state index in [0.29, 0.717) is 0 Å². The number of esters is 1. The lowest BCUT2D eigenvalue weighted by Crippen LogP contribution is -2.39. The highest BCUT2D eigenvalue weighted by Gasteiger charge is 2.32. The molecule has 1 aliphatic carbocycles. The highest BCUT2D eigenvalue weighted by molar-refractivity contribution is 5.90. The fourth-order valence-corrected chi connectivity index (χ4v) is 2.88. The number of hydrogen-bond acceptors (Lipinski definition) is 3. The molecule has 0 saturated heterocycles. The van der Waals surface area contributed by atoms with Gasteiger partial charge in [0.1, 0.15) is 11.6 Å². The van der Waals surface area contributed by atoms with Crippen molar-refractivity contribution in [2.75, 3.05) is 12.4 Å². The van der Waals surface area contributed by atoms with E-state index in [1.54, 1.807) is 0 Å². The number of halogens is 2. The molecule has 1 aromatic carbocycles. The smallest absolute Gasteiger partial charge is 0.340 e. The topological polar surface area (TPSA) is 38.3 Å². The predicted molar refractivity (Wildman–Crippen MR) is 77.4 cm³/mol. The summed E-state index contributed by atoms with van der Waals surface area (Å²) in [5.74, 6) is -2.41. The molecule has 0 bridgehead atoms. The van der Waals surface area contributed by atoms with Gasteiger partial charge in [-0.2, -0.15) is 0 Å². The molecule has 1 unspecified atom stereocenters. The quantitative estimate of drug-likeness (QED) is 0.852. The summed E-state index contributed by atoms with van der Waals surface area (Å²) >= 11 is 0. The van der Waals surface area contributed by atoms with E-state index in [1.165, 1.54) is 13.2 Å². The second kappa shape index (κ2) is 6.00. The molecule has 1 aliphatic rings. The molecule has 1 atom stereocenters. The molecule has 116 valence electrons. The fraction of sp³-hybridized carbons (Fsp3) is 0.562. The second-order valence-corrected chi connectivity index (χ2v) is 6.23. The van der Waals surface area contributed by atoms with Gasteiger partial charge in [0.15, 0.2) is 0 Å². The molecule has 5 heteroatoms. The van der Waals surface area contributed by atoms with E-state index in [0.717, 1.165) is 31.7 Å². The van der Waals surface area contributed by atoms with Gasteiger partial charge in [-0.25, -0.2) is 13.6 Å². The summed E-state index contributed by atoms with van der Waals surface area (Å²) in [6.45, 7) is 4.26. The number of benzene rings is 1. The van der Waals surface area contributed by atoms with Crippen molar-refractivity contribution in [3.05, 3.63) is 29.3 Å². The molecule has 3 nitrogen and oxygen atoms in total. The summed E-state index contributed by atoms with van der Waals surface area (Å²) in [7, 11) is 1.17. The van der Waals surface area contributed by atoms with Crippen LogP contribution in [0.3, 0.4) is 0 Å². The monoisotopic (exact) mass is 297 g/mol. The van der Waals surface area contributed by atoms with E-state index in [1.807, 2.05) is 0 Å². The first-order chi connectivity index (χ1) is 9.85. The highest BCUT2D eigenvalue weighted by atomic mass is 19.1. The van der Waals surface area contributed by atoms with Gasteiger partial charge in [-0.3, -0.25) is 0 Å². The third kappa shape index (κ3) is 3.34. The Bertz CT molecular complexity index is 543. The minimum absolute atomic E-state index is 0.0322. The second-order valence-electron chi connectivity index (χ2n) is 6.23. The maximum Gasteiger partial charge on any atom is 0.340 e. The van der Waals surface area contributed by atoms with Crippen LogP contribution >= 0.6 is 0 Å². The molecule has 21 heavy (non-hydrogen) atoms. The van der Waals surface area contributed by atoms with Crippen molar-refractivity contribution in [3.63, 3.8) is 0 Å². The maximum absolute atomic E-state index is 14.0. The predicted octanol–water partition coefficient (Wildman–Crippen LogP) is 4.13. The SMILES string of the molecule is COC(=O)c1cc(NC2CCCCC2(C)C)c(F)cc1F. The van der Waals surface area contributed by atoms with Gasteiger partial charge < -0.3 is 10.1 Å². The van der Waals surface area contributed by atoms with Gasteiger partial charge in [-0.15, -0.1) is 0 Å². The zero-order valence-electron chi connectivity index (χ0n) is 12.6. The maximum atomic E-state index is 14.0. The first-order valence-electron chi connectivity index (χ1n) is 7.19. The van der Waals surface area contributed by atoms with E-state index in [2.05, 4.69) is 23.9 Å². The fourth-order valence-electron chi connectivity index (χ4n) is 2.88. The molecule has 0 radical (unpaired) electrons. The zero-order valence-corrected chi connectivity index (χ0v) is 12.6. The molecular weight excluding hydrogens is 276 g/mol. The van der Waals surface area contributed by atoms with Crippen molar-refractivity contribution in [2.24, 2.45) is 5.41 Å². The van der Waals surface area contributed by atoms with Gasteiger partial charge in [-0.05, 0) is 24.3 Å². The number of hydrogen-bond donors (Lipinski definition) is 1. The third-order valence-corrected chi connectivity index (χ3v) is 4.30. The summed E-state index contributed by atoms with van der Waals surface area (Å²) < 4.78 is 32.1.